The van der Waals surface area contributed by atoms with E-state index in [0.29, 0.717) is 19.6 Å². The molecule has 0 bridgehead atoms. The van der Waals surface area contributed by atoms with Gasteiger partial charge in [0, 0.05) is 32.7 Å². The number of nitrogens with zero attached hydrogens (tertiary/aromatic N) is 2. The van der Waals surface area contributed by atoms with Gasteiger partial charge >= 0.3 is 12.1 Å². The zero-order chi connectivity index (χ0) is 25.1. The lowest BCUT2D eigenvalue weighted by molar-refractivity contribution is -0.192. The van der Waals surface area contributed by atoms with Crippen molar-refractivity contribution in [2.45, 2.75) is 50.6 Å². The number of unbranched alkanes of at least 4 members (excludes halogenated alkanes) is 2. The quantitative estimate of drug-likeness (QED) is 0.510. The molecule has 0 spiro atoms. The number of carboxylic acids is 1. The number of hydrogen-bond donors (Lipinski definition) is 2. The number of carbonyl (C=O) groups is 2. The third-order valence-electron chi connectivity index (χ3n) is 5.00. The van der Waals surface area contributed by atoms with Gasteiger partial charge < -0.3 is 15.3 Å². The number of halogens is 3. The summed E-state index contributed by atoms with van der Waals surface area (Å²) in [6.45, 7) is 7.19. The van der Waals surface area contributed by atoms with Crippen LogP contribution in [0, 0.1) is 0 Å². The van der Waals surface area contributed by atoms with Gasteiger partial charge in [-0.2, -0.15) is 17.5 Å². The Morgan fingerprint density at radius 3 is 2.09 bits per heavy atom. The van der Waals surface area contributed by atoms with Crippen molar-refractivity contribution >= 4 is 21.9 Å². The highest BCUT2D eigenvalue weighted by molar-refractivity contribution is 7.89. The fraction of sp³-hybridized carbons (Fsp3) is 0.619. The lowest BCUT2D eigenvalue weighted by Gasteiger charge is -2.30. The Balaban J connectivity index is 0.000000675. The molecule has 1 amide bonds. The fourth-order valence-corrected chi connectivity index (χ4v) is 4.46. The van der Waals surface area contributed by atoms with E-state index in [1.807, 2.05) is 19.1 Å². The number of hydrogen-bond acceptors (Lipinski definition) is 5. The predicted molar refractivity (Wildman–Crippen MR) is 117 cm³/mol. The second-order valence-electron chi connectivity index (χ2n) is 7.48. The van der Waals surface area contributed by atoms with Crippen molar-refractivity contribution in [3.63, 3.8) is 0 Å². The summed E-state index contributed by atoms with van der Waals surface area (Å²) in [5.74, 6) is -2.87. The molecule has 12 heteroatoms. The van der Waals surface area contributed by atoms with Crippen LogP contribution in [0.15, 0.2) is 29.2 Å². The minimum Gasteiger partial charge on any atom is -0.475 e. The van der Waals surface area contributed by atoms with E-state index < -0.39 is 22.2 Å². The van der Waals surface area contributed by atoms with Crippen molar-refractivity contribution in [3.8, 4) is 0 Å². The summed E-state index contributed by atoms with van der Waals surface area (Å²) >= 11 is 0. The van der Waals surface area contributed by atoms with Gasteiger partial charge in [0.25, 0.3) is 0 Å². The van der Waals surface area contributed by atoms with Gasteiger partial charge in [0.05, 0.1) is 11.4 Å². The number of rotatable bonds is 9. The van der Waals surface area contributed by atoms with Crippen molar-refractivity contribution in [2.75, 3.05) is 39.3 Å². The molecule has 1 saturated heterocycles. The maximum Gasteiger partial charge on any atom is 0.490 e. The molecule has 0 unspecified atom stereocenters. The molecule has 2 N–H and O–H groups in total. The monoisotopic (exact) mass is 495 g/mol. The first kappa shape index (κ1) is 28.9. The van der Waals surface area contributed by atoms with E-state index in [4.69, 9.17) is 9.90 Å². The van der Waals surface area contributed by atoms with Gasteiger partial charge in [-0.15, -0.1) is 0 Å². The Hall–Kier alpha value is -2.18. The summed E-state index contributed by atoms with van der Waals surface area (Å²) < 4.78 is 59.3. The summed E-state index contributed by atoms with van der Waals surface area (Å²) in [6, 6.07) is 6.98. The number of carbonyl (C=O) groups excluding carboxylic acids is 1. The topological polar surface area (TPSA) is 107 Å². The van der Waals surface area contributed by atoms with E-state index in [0.717, 1.165) is 44.3 Å². The SMILES string of the molecule is CCCCCN(CC(=O)N1CCNCC1)S(=O)(=O)c1ccc(CC)cc1.O=C(O)C(F)(F)F. The van der Waals surface area contributed by atoms with Crippen LogP contribution in [0.1, 0.15) is 38.7 Å². The Labute approximate surface area is 192 Å². The van der Waals surface area contributed by atoms with Crippen molar-refractivity contribution in [1.29, 1.82) is 0 Å². The van der Waals surface area contributed by atoms with Crippen LogP contribution in [0.5, 0.6) is 0 Å². The summed E-state index contributed by atoms with van der Waals surface area (Å²) in [5.41, 5.74) is 1.10. The molecule has 0 radical (unpaired) electrons. The lowest BCUT2D eigenvalue weighted by Crippen LogP contribution is -2.50. The largest absolute Gasteiger partial charge is 0.490 e. The van der Waals surface area contributed by atoms with Gasteiger partial charge in [-0.25, -0.2) is 13.2 Å². The van der Waals surface area contributed by atoms with Gasteiger partial charge in [0.2, 0.25) is 15.9 Å². The predicted octanol–water partition coefficient (Wildman–Crippen LogP) is 2.50. The van der Waals surface area contributed by atoms with E-state index in [-0.39, 0.29) is 17.3 Å². The Bertz CT molecular complexity index is 855. The van der Waals surface area contributed by atoms with Gasteiger partial charge in [-0.05, 0) is 30.5 Å². The van der Waals surface area contributed by atoms with E-state index in [2.05, 4.69) is 12.2 Å². The third-order valence-corrected chi connectivity index (χ3v) is 6.86. The Morgan fingerprint density at radius 2 is 1.64 bits per heavy atom. The van der Waals surface area contributed by atoms with E-state index in [1.54, 1.807) is 17.0 Å². The molecule has 0 saturated carbocycles. The van der Waals surface area contributed by atoms with E-state index in [9.17, 15) is 26.4 Å². The van der Waals surface area contributed by atoms with Crippen LogP contribution in [-0.2, 0) is 26.0 Å². The first-order valence-corrected chi connectivity index (χ1v) is 12.2. The van der Waals surface area contributed by atoms with Crippen LogP contribution in [0.4, 0.5) is 13.2 Å². The molecule has 0 aromatic heterocycles. The van der Waals surface area contributed by atoms with Gasteiger partial charge in [0.1, 0.15) is 0 Å². The van der Waals surface area contributed by atoms with E-state index in [1.165, 1.54) is 4.31 Å². The number of nitrogens with one attached hydrogen (secondary N) is 1. The molecule has 8 nitrogen and oxygen atoms in total. The van der Waals surface area contributed by atoms with Crippen LogP contribution in [-0.4, -0.2) is 80.1 Å². The number of benzene rings is 1. The average molecular weight is 496 g/mol. The number of alkyl halides is 3. The Morgan fingerprint density at radius 1 is 1.09 bits per heavy atom. The fourth-order valence-electron chi connectivity index (χ4n) is 3.03. The first-order valence-electron chi connectivity index (χ1n) is 10.8. The molecule has 1 fully saturated rings. The lowest BCUT2D eigenvalue weighted by atomic mass is 10.2. The van der Waals surface area contributed by atoms with Crippen LogP contribution in [0.2, 0.25) is 0 Å². The van der Waals surface area contributed by atoms with Crippen molar-refractivity contribution < 1.29 is 36.3 Å². The number of amides is 1. The molecule has 0 aliphatic carbocycles. The van der Waals surface area contributed by atoms with Crippen LogP contribution < -0.4 is 5.32 Å². The summed E-state index contributed by atoms with van der Waals surface area (Å²) in [4.78, 5) is 23.5. The van der Waals surface area contributed by atoms with Crippen molar-refractivity contribution in [3.05, 3.63) is 29.8 Å². The number of aryl methyl sites for hydroxylation is 1. The highest BCUT2D eigenvalue weighted by Crippen LogP contribution is 2.18. The van der Waals surface area contributed by atoms with Gasteiger partial charge in [-0.3, -0.25) is 4.79 Å². The molecule has 1 aliphatic heterocycles. The Kier molecular flexibility index (Phi) is 11.8. The molecule has 1 aromatic rings. The van der Waals surface area contributed by atoms with E-state index >= 15 is 0 Å². The van der Waals surface area contributed by atoms with Gasteiger partial charge in [-0.1, -0.05) is 38.8 Å². The van der Waals surface area contributed by atoms with Crippen molar-refractivity contribution in [2.24, 2.45) is 0 Å². The molecule has 0 atom stereocenters. The minimum atomic E-state index is -5.08. The third kappa shape index (κ3) is 9.68. The molecule has 1 aromatic carbocycles. The molecular weight excluding hydrogens is 463 g/mol. The average Bonchev–Trinajstić information content (AvgIpc) is 2.78. The van der Waals surface area contributed by atoms with Crippen LogP contribution >= 0.6 is 0 Å². The van der Waals surface area contributed by atoms with Gasteiger partial charge in [0.15, 0.2) is 0 Å². The maximum atomic E-state index is 13.1. The van der Waals surface area contributed by atoms with Crippen molar-refractivity contribution in [1.82, 2.24) is 14.5 Å². The number of aliphatic carboxylic acids is 1. The standard InChI is InChI=1S/C19H31N3O3S.C2HF3O2/c1-3-5-6-13-22(16-19(23)21-14-11-20-12-15-21)26(24,25)18-9-7-17(4-2)8-10-18;3-2(4,5)1(6)7/h7-10,20H,3-6,11-16H2,1-2H3;(H,6,7). The molecular formula is C21H32F3N3O5S. The molecule has 1 aliphatic rings. The molecule has 188 valence electrons. The minimum absolute atomic E-state index is 0.0818. The number of piperazine rings is 1. The summed E-state index contributed by atoms with van der Waals surface area (Å²) in [7, 11) is -3.67. The number of sulfonamides is 1. The first-order chi connectivity index (χ1) is 15.4. The smallest absolute Gasteiger partial charge is 0.475 e. The molecule has 33 heavy (non-hydrogen) atoms. The molecule has 2 rings (SSSR count). The summed E-state index contributed by atoms with van der Waals surface area (Å²) in [5, 5.41) is 10.3. The zero-order valence-electron chi connectivity index (χ0n) is 18.9. The highest BCUT2D eigenvalue weighted by atomic mass is 32.2. The van der Waals surface area contributed by atoms with Crippen LogP contribution in [0.25, 0.3) is 0 Å². The highest BCUT2D eigenvalue weighted by Gasteiger charge is 2.38. The maximum absolute atomic E-state index is 13.1. The second kappa shape index (κ2) is 13.5. The zero-order valence-corrected chi connectivity index (χ0v) is 19.7. The number of carboxylic acid groups (broad SMARTS) is 1. The normalized spacial score (nSPS) is 14.5. The summed E-state index contributed by atoms with van der Waals surface area (Å²) in [6.07, 6.45) is -1.51. The molecule has 1 heterocycles. The van der Waals surface area contributed by atoms with Crippen LogP contribution in [0.3, 0.4) is 0 Å². The second-order valence-corrected chi connectivity index (χ2v) is 9.41.